The number of hydrogen-bond donors (Lipinski definition) is 2. The number of amides is 1. The Morgan fingerprint density at radius 1 is 1.08 bits per heavy atom. The Hall–Kier alpha value is -2.73. The summed E-state index contributed by atoms with van der Waals surface area (Å²) < 4.78 is 0.967. The highest BCUT2D eigenvalue weighted by Gasteiger charge is 2.11. The van der Waals surface area contributed by atoms with E-state index in [0.29, 0.717) is 11.6 Å². The second-order valence-corrected chi connectivity index (χ2v) is 6.09. The highest BCUT2D eigenvalue weighted by molar-refractivity contribution is 9.10. The van der Waals surface area contributed by atoms with Gasteiger partial charge in [0.2, 0.25) is 5.95 Å². The maximum atomic E-state index is 12.4. The molecule has 0 atom stereocenters. The molecule has 2 N–H and O–H groups in total. The molecule has 0 radical (unpaired) electrons. The molecule has 0 fully saturated rings. The first-order valence-electron chi connectivity index (χ1n) is 7.34. The van der Waals surface area contributed by atoms with Gasteiger partial charge in [0, 0.05) is 22.0 Å². The molecule has 0 aliphatic carbocycles. The molecule has 0 saturated carbocycles. The lowest BCUT2D eigenvalue weighted by atomic mass is 10.2. The SMILES string of the molecule is Cc1cc(Br)ccc1NC(=O)c1ccnc(Nc2ccccc2)n1. The minimum absolute atomic E-state index is 0.279. The second-order valence-electron chi connectivity index (χ2n) is 5.17. The van der Waals surface area contributed by atoms with Gasteiger partial charge in [-0.05, 0) is 48.9 Å². The van der Waals surface area contributed by atoms with Crippen molar-refractivity contribution < 1.29 is 4.79 Å². The van der Waals surface area contributed by atoms with Crippen LogP contribution in [0.25, 0.3) is 0 Å². The van der Waals surface area contributed by atoms with Gasteiger partial charge in [-0.25, -0.2) is 9.97 Å². The number of benzene rings is 2. The van der Waals surface area contributed by atoms with Gasteiger partial charge in [0.15, 0.2) is 0 Å². The van der Waals surface area contributed by atoms with Crippen LogP contribution in [0.1, 0.15) is 16.1 Å². The van der Waals surface area contributed by atoms with Gasteiger partial charge in [-0.3, -0.25) is 4.79 Å². The molecule has 3 rings (SSSR count). The lowest BCUT2D eigenvalue weighted by Gasteiger charge is -2.09. The number of anilines is 3. The quantitative estimate of drug-likeness (QED) is 0.694. The van der Waals surface area contributed by atoms with E-state index in [0.717, 1.165) is 21.4 Å². The van der Waals surface area contributed by atoms with Crippen molar-refractivity contribution in [1.82, 2.24) is 9.97 Å². The number of nitrogens with zero attached hydrogens (tertiary/aromatic N) is 2. The summed E-state index contributed by atoms with van der Waals surface area (Å²) in [7, 11) is 0. The van der Waals surface area contributed by atoms with E-state index in [9.17, 15) is 4.79 Å². The van der Waals surface area contributed by atoms with Crippen molar-refractivity contribution >= 4 is 39.2 Å². The average Bonchev–Trinajstić information content (AvgIpc) is 2.58. The first-order chi connectivity index (χ1) is 11.6. The number of para-hydroxylation sites is 1. The Kier molecular flexibility index (Phi) is 4.86. The molecule has 24 heavy (non-hydrogen) atoms. The molecule has 0 unspecified atom stereocenters. The van der Waals surface area contributed by atoms with E-state index in [1.54, 1.807) is 12.3 Å². The maximum Gasteiger partial charge on any atom is 0.274 e. The summed E-state index contributed by atoms with van der Waals surface area (Å²) in [6.45, 7) is 1.93. The van der Waals surface area contributed by atoms with Crippen LogP contribution in [-0.4, -0.2) is 15.9 Å². The lowest BCUT2D eigenvalue weighted by Crippen LogP contribution is -2.15. The highest BCUT2D eigenvalue weighted by Crippen LogP contribution is 2.20. The molecule has 3 aromatic rings. The monoisotopic (exact) mass is 382 g/mol. The van der Waals surface area contributed by atoms with Gasteiger partial charge in [0.25, 0.3) is 5.91 Å². The van der Waals surface area contributed by atoms with Crippen LogP contribution in [0.2, 0.25) is 0 Å². The molecular weight excluding hydrogens is 368 g/mol. The standard InChI is InChI=1S/C18H15BrN4O/c1-12-11-13(19)7-8-15(12)22-17(24)16-9-10-20-18(23-16)21-14-5-3-2-4-6-14/h2-11H,1H3,(H,22,24)(H,20,21,23). The minimum Gasteiger partial charge on any atom is -0.324 e. The van der Waals surface area contributed by atoms with E-state index in [2.05, 4.69) is 36.5 Å². The Morgan fingerprint density at radius 2 is 1.88 bits per heavy atom. The van der Waals surface area contributed by atoms with Crippen molar-refractivity contribution in [2.24, 2.45) is 0 Å². The largest absolute Gasteiger partial charge is 0.324 e. The van der Waals surface area contributed by atoms with E-state index in [1.165, 1.54) is 0 Å². The summed E-state index contributed by atoms with van der Waals surface area (Å²) in [6.07, 6.45) is 1.56. The van der Waals surface area contributed by atoms with Gasteiger partial charge >= 0.3 is 0 Å². The fraction of sp³-hybridized carbons (Fsp3) is 0.0556. The summed E-state index contributed by atoms with van der Waals surface area (Å²) in [4.78, 5) is 20.8. The van der Waals surface area contributed by atoms with Gasteiger partial charge < -0.3 is 10.6 Å². The van der Waals surface area contributed by atoms with Crippen LogP contribution in [0.5, 0.6) is 0 Å². The summed E-state index contributed by atoms with van der Waals surface area (Å²) in [5, 5.41) is 5.94. The van der Waals surface area contributed by atoms with Crippen LogP contribution in [0.15, 0.2) is 65.3 Å². The maximum absolute atomic E-state index is 12.4. The van der Waals surface area contributed by atoms with Crippen molar-refractivity contribution in [3.8, 4) is 0 Å². The van der Waals surface area contributed by atoms with Crippen LogP contribution in [0, 0.1) is 6.92 Å². The average molecular weight is 383 g/mol. The number of nitrogens with one attached hydrogen (secondary N) is 2. The zero-order chi connectivity index (χ0) is 16.9. The molecule has 0 spiro atoms. The minimum atomic E-state index is -0.279. The molecule has 2 aromatic carbocycles. The predicted molar refractivity (Wildman–Crippen MR) is 98.6 cm³/mol. The molecule has 1 amide bonds. The second kappa shape index (κ2) is 7.23. The summed E-state index contributed by atoms with van der Waals surface area (Å²) in [6, 6.07) is 16.8. The fourth-order valence-corrected chi connectivity index (χ4v) is 2.63. The van der Waals surface area contributed by atoms with Gasteiger partial charge in [0.1, 0.15) is 5.69 Å². The number of aromatic nitrogens is 2. The van der Waals surface area contributed by atoms with Crippen molar-refractivity contribution in [1.29, 1.82) is 0 Å². The molecule has 1 heterocycles. The molecule has 0 aliphatic heterocycles. The van der Waals surface area contributed by atoms with Gasteiger partial charge in [-0.1, -0.05) is 34.1 Å². The fourth-order valence-electron chi connectivity index (χ4n) is 2.15. The van der Waals surface area contributed by atoms with Crippen molar-refractivity contribution in [3.63, 3.8) is 0 Å². The van der Waals surface area contributed by atoms with Crippen LogP contribution in [0.3, 0.4) is 0 Å². The van der Waals surface area contributed by atoms with Crippen LogP contribution in [0.4, 0.5) is 17.3 Å². The van der Waals surface area contributed by atoms with Crippen molar-refractivity contribution in [2.75, 3.05) is 10.6 Å². The molecule has 6 heteroatoms. The first kappa shape index (κ1) is 16.1. The van der Waals surface area contributed by atoms with E-state index in [1.807, 2.05) is 55.5 Å². The Morgan fingerprint density at radius 3 is 2.62 bits per heavy atom. The normalized spacial score (nSPS) is 10.2. The topological polar surface area (TPSA) is 66.9 Å². The number of hydrogen-bond acceptors (Lipinski definition) is 4. The Balaban J connectivity index is 1.77. The zero-order valence-corrected chi connectivity index (χ0v) is 14.5. The third kappa shape index (κ3) is 3.97. The first-order valence-corrected chi connectivity index (χ1v) is 8.14. The lowest BCUT2D eigenvalue weighted by molar-refractivity contribution is 0.102. The van der Waals surface area contributed by atoms with Crippen LogP contribution in [-0.2, 0) is 0 Å². The molecule has 0 aliphatic rings. The molecule has 5 nitrogen and oxygen atoms in total. The smallest absolute Gasteiger partial charge is 0.274 e. The summed E-state index contributed by atoms with van der Waals surface area (Å²) in [5.41, 5.74) is 2.87. The van der Waals surface area contributed by atoms with E-state index in [-0.39, 0.29) is 5.91 Å². The summed E-state index contributed by atoms with van der Waals surface area (Å²) >= 11 is 3.41. The van der Waals surface area contributed by atoms with E-state index < -0.39 is 0 Å². The molecular formula is C18H15BrN4O. The van der Waals surface area contributed by atoms with Crippen LogP contribution < -0.4 is 10.6 Å². The van der Waals surface area contributed by atoms with Gasteiger partial charge in [-0.2, -0.15) is 0 Å². The van der Waals surface area contributed by atoms with Gasteiger partial charge in [0.05, 0.1) is 0 Å². The number of halogens is 1. The predicted octanol–water partition coefficient (Wildman–Crippen LogP) is 4.54. The molecule has 1 aromatic heterocycles. The highest BCUT2D eigenvalue weighted by atomic mass is 79.9. The van der Waals surface area contributed by atoms with Crippen LogP contribution >= 0.6 is 15.9 Å². The number of aryl methyl sites for hydroxylation is 1. The summed E-state index contributed by atoms with van der Waals surface area (Å²) in [5.74, 6) is 0.0975. The van der Waals surface area contributed by atoms with Gasteiger partial charge in [-0.15, -0.1) is 0 Å². The number of rotatable bonds is 4. The molecule has 0 bridgehead atoms. The van der Waals surface area contributed by atoms with E-state index in [4.69, 9.17) is 0 Å². The number of carbonyl (C=O) groups excluding carboxylic acids is 1. The van der Waals surface area contributed by atoms with Crippen molar-refractivity contribution in [3.05, 3.63) is 76.5 Å². The Labute approximate surface area is 148 Å². The van der Waals surface area contributed by atoms with E-state index >= 15 is 0 Å². The van der Waals surface area contributed by atoms with Crippen molar-refractivity contribution in [2.45, 2.75) is 6.92 Å². The zero-order valence-electron chi connectivity index (χ0n) is 13.0. The third-order valence-corrected chi connectivity index (χ3v) is 3.85. The Bertz CT molecular complexity index is 868. The molecule has 120 valence electrons. The molecule has 0 saturated heterocycles. The third-order valence-electron chi connectivity index (χ3n) is 3.35. The number of carbonyl (C=O) groups is 1.